The quantitative estimate of drug-likeness (QED) is 0.742. The Morgan fingerprint density at radius 1 is 0.583 bits per heavy atom. The van der Waals surface area contributed by atoms with Gasteiger partial charge in [0.15, 0.2) is 23.0 Å². The Bertz CT molecular complexity index is 693. The average Bonchev–Trinajstić information content (AvgIpc) is 3.13. The topological polar surface area (TPSA) is 36.9 Å². The molecule has 2 aliphatic heterocycles. The van der Waals surface area contributed by atoms with Crippen LogP contribution in [0.4, 0.5) is 0 Å². The summed E-state index contributed by atoms with van der Waals surface area (Å²) in [5.41, 5.74) is 0. The van der Waals surface area contributed by atoms with Gasteiger partial charge in [0.1, 0.15) is 26.4 Å². The van der Waals surface area contributed by atoms with E-state index in [1.165, 1.54) is 9.75 Å². The number of ether oxygens (including phenoxy) is 4. The first-order chi connectivity index (χ1) is 11.6. The van der Waals surface area contributed by atoms with Crippen molar-refractivity contribution < 1.29 is 18.9 Å². The van der Waals surface area contributed by atoms with Gasteiger partial charge in [-0.3, -0.25) is 0 Å². The van der Waals surface area contributed by atoms with Crippen molar-refractivity contribution in [3.8, 4) is 32.8 Å². The van der Waals surface area contributed by atoms with Gasteiger partial charge in [0.2, 0.25) is 0 Å². The van der Waals surface area contributed by atoms with Crippen molar-refractivity contribution in [2.24, 2.45) is 0 Å². The van der Waals surface area contributed by atoms with Gasteiger partial charge >= 0.3 is 0 Å². The first-order valence-corrected chi connectivity index (χ1v) is 10.1. The zero-order chi connectivity index (χ0) is 16.8. The molecule has 0 saturated heterocycles. The summed E-state index contributed by atoms with van der Waals surface area (Å²) in [4.78, 5) is 4.72. The van der Waals surface area contributed by atoms with Crippen LogP contribution in [0.15, 0.2) is 0 Å². The summed E-state index contributed by atoms with van der Waals surface area (Å²) in [6.45, 7) is 11.2. The monoisotopic (exact) mass is 366 g/mol. The molecular formula is C18H22O4S2. The van der Waals surface area contributed by atoms with Gasteiger partial charge in [0.25, 0.3) is 0 Å². The highest BCUT2D eigenvalue weighted by molar-refractivity contribution is 7.23. The smallest absolute Gasteiger partial charge is 0.181 e. The molecule has 130 valence electrons. The molecule has 0 aliphatic carbocycles. The summed E-state index contributed by atoms with van der Waals surface area (Å²) in [5.74, 6) is 4.39. The second-order valence-electron chi connectivity index (χ2n) is 6.61. The van der Waals surface area contributed by atoms with Gasteiger partial charge in [-0.05, 0) is 11.8 Å². The molecule has 2 aliphatic rings. The Labute approximate surface area is 150 Å². The molecule has 0 fully saturated rings. The Morgan fingerprint density at radius 3 is 1.25 bits per heavy atom. The van der Waals surface area contributed by atoms with Crippen LogP contribution in [-0.4, -0.2) is 26.4 Å². The van der Waals surface area contributed by atoms with Crippen molar-refractivity contribution in [3.05, 3.63) is 9.75 Å². The molecule has 6 heteroatoms. The van der Waals surface area contributed by atoms with Gasteiger partial charge in [0, 0.05) is 0 Å². The molecule has 0 radical (unpaired) electrons. The fourth-order valence-electron chi connectivity index (χ4n) is 3.00. The summed E-state index contributed by atoms with van der Waals surface area (Å²) < 4.78 is 23.9. The van der Waals surface area contributed by atoms with Crippen molar-refractivity contribution in [2.75, 3.05) is 26.4 Å². The van der Waals surface area contributed by atoms with Gasteiger partial charge in [-0.25, -0.2) is 0 Å². The molecule has 0 aromatic carbocycles. The van der Waals surface area contributed by atoms with E-state index in [9.17, 15) is 0 Å². The van der Waals surface area contributed by atoms with Crippen molar-refractivity contribution in [1.29, 1.82) is 0 Å². The zero-order valence-corrected chi connectivity index (χ0v) is 16.1. The van der Waals surface area contributed by atoms with E-state index in [0.29, 0.717) is 38.3 Å². The lowest BCUT2D eigenvalue weighted by Gasteiger charge is -2.19. The molecule has 0 bridgehead atoms. The minimum atomic E-state index is 0.400. The Kier molecular flexibility index (Phi) is 4.12. The summed E-state index contributed by atoms with van der Waals surface area (Å²) in [6.07, 6.45) is 0. The van der Waals surface area contributed by atoms with E-state index in [1.807, 2.05) is 0 Å². The molecule has 0 atom stereocenters. The third kappa shape index (κ3) is 2.47. The van der Waals surface area contributed by atoms with Crippen molar-refractivity contribution in [2.45, 2.75) is 39.5 Å². The molecule has 0 spiro atoms. The number of hydrogen-bond acceptors (Lipinski definition) is 6. The van der Waals surface area contributed by atoms with Gasteiger partial charge in [-0.1, -0.05) is 27.7 Å². The largest absolute Gasteiger partial charge is 0.485 e. The second-order valence-corrected chi connectivity index (χ2v) is 8.72. The van der Waals surface area contributed by atoms with E-state index in [2.05, 4.69) is 27.7 Å². The van der Waals surface area contributed by atoms with E-state index in [4.69, 9.17) is 18.9 Å². The summed E-state index contributed by atoms with van der Waals surface area (Å²) in [7, 11) is 0. The first-order valence-electron chi connectivity index (χ1n) is 8.42. The first kappa shape index (κ1) is 16.1. The zero-order valence-electron chi connectivity index (χ0n) is 14.4. The molecular weight excluding hydrogens is 344 g/mol. The lowest BCUT2D eigenvalue weighted by molar-refractivity contribution is 0.170. The third-order valence-electron chi connectivity index (χ3n) is 4.10. The second kappa shape index (κ2) is 6.15. The summed E-state index contributed by atoms with van der Waals surface area (Å²) in [5, 5.41) is 0. The highest BCUT2D eigenvalue weighted by Gasteiger charge is 2.33. The minimum absolute atomic E-state index is 0.400. The highest BCUT2D eigenvalue weighted by atomic mass is 32.1. The third-order valence-corrected chi connectivity index (χ3v) is 7.17. The van der Waals surface area contributed by atoms with Gasteiger partial charge in [0.05, 0.1) is 19.5 Å². The van der Waals surface area contributed by atoms with E-state index >= 15 is 0 Å². The Hall–Kier alpha value is -1.40. The molecule has 4 rings (SSSR count). The maximum absolute atomic E-state index is 6.00. The number of thiophene rings is 2. The minimum Gasteiger partial charge on any atom is -0.485 e. The number of hydrogen-bond donors (Lipinski definition) is 0. The molecule has 4 nitrogen and oxygen atoms in total. The lowest BCUT2D eigenvalue weighted by atomic mass is 10.1. The van der Waals surface area contributed by atoms with E-state index in [-0.39, 0.29) is 0 Å². The predicted molar refractivity (Wildman–Crippen MR) is 97.8 cm³/mol. The molecule has 2 aromatic heterocycles. The Morgan fingerprint density at radius 2 is 0.917 bits per heavy atom. The van der Waals surface area contributed by atoms with Crippen LogP contribution in [0.5, 0.6) is 23.0 Å². The average molecular weight is 367 g/mol. The van der Waals surface area contributed by atoms with E-state index in [1.54, 1.807) is 22.7 Å². The number of rotatable bonds is 3. The van der Waals surface area contributed by atoms with Crippen LogP contribution >= 0.6 is 22.7 Å². The molecule has 24 heavy (non-hydrogen) atoms. The lowest BCUT2D eigenvalue weighted by Crippen LogP contribution is -2.16. The normalized spacial score (nSPS) is 16.1. The van der Waals surface area contributed by atoms with Crippen LogP contribution < -0.4 is 18.9 Å². The van der Waals surface area contributed by atoms with Gasteiger partial charge in [-0.2, -0.15) is 0 Å². The molecule has 0 amide bonds. The van der Waals surface area contributed by atoms with Crippen LogP contribution in [-0.2, 0) is 0 Å². The Balaban J connectivity index is 1.91. The van der Waals surface area contributed by atoms with Crippen molar-refractivity contribution >= 4 is 22.7 Å². The molecule has 2 aromatic rings. The molecule has 0 saturated carbocycles. The predicted octanol–water partition coefficient (Wildman–Crippen LogP) is 5.27. The fourth-order valence-corrected chi connectivity index (χ4v) is 5.51. The van der Waals surface area contributed by atoms with Crippen LogP contribution in [0.25, 0.3) is 9.75 Å². The molecule has 4 heterocycles. The maximum atomic E-state index is 6.00. The van der Waals surface area contributed by atoms with Crippen molar-refractivity contribution in [3.63, 3.8) is 0 Å². The van der Waals surface area contributed by atoms with E-state index < -0.39 is 0 Å². The maximum Gasteiger partial charge on any atom is 0.181 e. The molecule has 0 unspecified atom stereocenters. The van der Waals surface area contributed by atoms with Crippen LogP contribution in [0.1, 0.15) is 49.3 Å². The van der Waals surface area contributed by atoms with Crippen LogP contribution in [0, 0.1) is 0 Å². The number of fused-ring (bicyclic) bond motifs is 2. The van der Waals surface area contributed by atoms with Crippen LogP contribution in [0.2, 0.25) is 0 Å². The summed E-state index contributed by atoms with van der Waals surface area (Å²) in [6, 6.07) is 0. The standard InChI is InChI=1S/C18H22O4S2/c1-9(2)15-11-13(21-7-5-19-11)17(23-15)18-14-12(20-6-8-22-14)16(24-18)10(3)4/h9-10H,5-8H2,1-4H3. The van der Waals surface area contributed by atoms with Gasteiger partial charge in [-0.15, -0.1) is 22.7 Å². The molecule has 0 N–H and O–H groups in total. The van der Waals surface area contributed by atoms with Crippen LogP contribution in [0.3, 0.4) is 0 Å². The summed E-state index contributed by atoms with van der Waals surface area (Å²) >= 11 is 3.52. The highest BCUT2D eigenvalue weighted by Crippen LogP contribution is 2.59. The van der Waals surface area contributed by atoms with Gasteiger partial charge < -0.3 is 18.9 Å². The SMILES string of the molecule is CC(C)c1sc(-c2sc(C(C)C)c3c2OCCO3)c2c1OCCO2. The van der Waals surface area contributed by atoms with Crippen molar-refractivity contribution in [1.82, 2.24) is 0 Å². The van der Waals surface area contributed by atoms with E-state index in [0.717, 1.165) is 32.8 Å². The fraction of sp³-hybridized carbons (Fsp3) is 0.556.